The highest BCUT2D eigenvalue weighted by Gasteiger charge is 2.53. The lowest BCUT2D eigenvalue weighted by Crippen LogP contribution is -2.30. The molecular weight excluding hydrogens is 264 g/mol. The van der Waals surface area contributed by atoms with E-state index in [2.05, 4.69) is 5.29 Å². The van der Waals surface area contributed by atoms with Crippen LogP contribution in [-0.4, -0.2) is 12.8 Å². The monoisotopic (exact) mass is 267 g/mol. The molecule has 0 spiro atoms. The zero-order chi connectivity index (χ0) is 11.3. The van der Waals surface area contributed by atoms with Gasteiger partial charge in [0.15, 0.2) is 0 Å². The number of fused-ring (bicyclic) bond motifs is 1. The van der Waals surface area contributed by atoms with E-state index in [1.165, 1.54) is 18.2 Å². The first-order valence-corrected chi connectivity index (χ1v) is 5.98. The quantitative estimate of drug-likeness (QED) is 0.338. The molecule has 5 nitrogen and oxygen atoms in total. The van der Waals surface area contributed by atoms with Crippen molar-refractivity contribution >= 4 is 33.2 Å². The van der Waals surface area contributed by atoms with Crippen molar-refractivity contribution in [3.8, 4) is 0 Å². The van der Waals surface area contributed by atoms with Crippen LogP contribution in [-0.2, 0) is 14.5 Å². The molecule has 0 amide bonds. The minimum atomic E-state index is -4.01. The second-order valence-corrected chi connectivity index (χ2v) is 5.89. The molecule has 0 radical (unpaired) electrons. The number of rotatable bonds is 1. The Bertz CT molecular complexity index is 529. The number of nitrogens with zero attached hydrogens (tertiary/aromatic N) is 2. The zero-order valence-electron chi connectivity index (χ0n) is 7.09. The van der Waals surface area contributed by atoms with Crippen LogP contribution in [0.25, 0.3) is 0 Å². The maximum atomic E-state index is 11.7. The number of hydrogen-bond donors (Lipinski definition) is 0. The number of sulfonamides is 1. The van der Waals surface area contributed by atoms with Gasteiger partial charge in [-0.25, -0.2) is 0 Å². The summed E-state index contributed by atoms with van der Waals surface area (Å²) in [5, 5.41) is 2.34. The Morgan fingerprint density at radius 2 is 1.87 bits per heavy atom. The van der Waals surface area contributed by atoms with Crippen LogP contribution in [0, 0.1) is 4.91 Å². The topological polar surface area (TPSA) is 66.8 Å². The summed E-state index contributed by atoms with van der Waals surface area (Å²) in [6, 6.07) is 5.82. The second-order valence-electron chi connectivity index (χ2n) is 2.87. The molecule has 0 saturated heterocycles. The van der Waals surface area contributed by atoms with Crippen molar-refractivity contribution in [1.82, 2.24) is 4.41 Å². The highest BCUT2D eigenvalue weighted by atomic mass is 35.5. The lowest BCUT2D eigenvalue weighted by atomic mass is 10.2. The molecule has 80 valence electrons. The number of nitroso groups, excluding NO2 is 1. The molecule has 1 heterocycles. The molecular formula is C7H4Cl2N2O3S. The molecule has 0 unspecified atom stereocenters. The van der Waals surface area contributed by atoms with E-state index in [4.69, 9.17) is 23.2 Å². The second kappa shape index (κ2) is 3.07. The lowest BCUT2D eigenvalue weighted by Gasteiger charge is -2.18. The van der Waals surface area contributed by atoms with Crippen molar-refractivity contribution in [3.05, 3.63) is 34.7 Å². The summed E-state index contributed by atoms with van der Waals surface area (Å²) >= 11 is 11.5. The van der Waals surface area contributed by atoms with E-state index < -0.39 is 14.5 Å². The van der Waals surface area contributed by atoms with Gasteiger partial charge < -0.3 is 0 Å². The zero-order valence-corrected chi connectivity index (χ0v) is 9.42. The van der Waals surface area contributed by atoms with Crippen molar-refractivity contribution in [2.45, 2.75) is 9.35 Å². The van der Waals surface area contributed by atoms with Gasteiger partial charge >= 0.3 is 0 Å². The Morgan fingerprint density at radius 1 is 1.27 bits per heavy atom. The Hall–Kier alpha value is -0.850. The average Bonchev–Trinajstić information content (AvgIpc) is 2.32. The smallest absolute Gasteiger partial charge is 0.199 e. The van der Waals surface area contributed by atoms with E-state index in [1.807, 2.05) is 0 Å². The number of hydrogen-bond acceptors (Lipinski definition) is 4. The van der Waals surface area contributed by atoms with Crippen LogP contribution in [0.1, 0.15) is 5.56 Å². The van der Waals surface area contributed by atoms with Crippen LogP contribution in [0.3, 0.4) is 0 Å². The fraction of sp³-hybridized carbons (Fsp3) is 0.143. The molecule has 2 rings (SSSR count). The Labute approximate surface area is 95.6 Å². The molecule has 0 atom stereocenters. The summed E-state index contributed by atoms with van der Waals surface area (Å²) in [6.45, 7) is 0. The summed E-state index contributed by atoms with van der Waals surface area (Å²) in [4.78, 5) is 10.3. The first-order chi connectivity index (χ1) is 6.92. The van der Waals surface area contributed by atoms with Gasteiger partial charge in [-0.15, -0.1) is 9.32 Å². The largest absolute Gasteiger partial charge is 0.285 e. The first-order valence-electron chi connectivity index (χ1n) is 3.78. The molecule has 0 saturated carbocycles. The van der Waals surface area contributed by atoms with E-state index >= 15 is 0 Å². The van der Waals surface area contributed by atoms with Crippen molar-refractivity contribution in [1.29, 1.82) is 0 Å². The molecule has 0 fully saturated rings. The standard InChI is InChI=1S/C7H4Cl2N2O3S/c8-7(9)5-3-1-2-4-6(5)15(13,14)11(7)10-12/h1-4H/i10+1. The molecule has 15 heavy (non-hydrogen) atoms. The fourth-order valence-electron chi connectivity index (χ4n) is 1.38. The summed E-state index contributed by atoms with van der Waals surface area (Å²) < 4.78 is 21.6. The van der Waals surface area contributed by atoms with Gasteiger partial charge in [0, 0.05) is 5.56 Å². The molecule has 1 aromatic rings. The maximum absolute atomic E-state index is 11.7. The lowest BCUT2D eigenvalue weighted by molar-refractivity contribution is 0.394. The van der Waals surface area contributed by atoms with Crippen LogP contribution in [0.4, 0.5) is 0 Å². The van der Waals surface area contributed by atoms with Crippen LogP contribution in [0.5, 0.6) is 0 Å². The first kappa shape index (κ1) is 10.7. The summed E-state index contributed by atoms with van der Waals surface area (Å²) in [5.41, 5.74) is 0.132. The van der Waals surface area contributed by atoms with Gasteiger partial charge in [0.05, 0.1) is 10.2 Å². The SMILES string of the molecule is O=[15N]N1C(Cl)(Cl)c2ccccc2S1(=O)=O. The molecule has 0 N–H and O–H groups in total. The molecule has 0 bridgehead atoms. The molecule has 8 heteroatoms. The normalized spacial score (nSPS) is 21.1. The van der Waals surface area contributed by atoms with E-state index in [1.54, 1.807) is 6.07 Å². The van der Waals surface area contributed by atoms with Crippen molar-refractivity contribution < 1.29 is 8.42 Å². The van der Waals surface area contributed by atoms with Gasteiger partial charge in [0.1, 0.15) is 0 Å². The predicted octanol–water partition coefficient (Wildman–Crippen LogP) is 1.96. The molecule has 0 aromatic heterocycles. The van der Waals surface area contributed by atoms with Crippen LogP contribution < -0.4 is 0 Å². The Morgan fingerprint density at radius 3 is 2.40 bits per heavy atom. The van der Waals surface area contributed by atoms with E-state index in [0.717, 1.165) is 0 Å². The third-order valence-corrected chi connectivity index (χ3v) is 4.67. The Kier molecular flexibility index (Phi) is 2.18. The minimum absolute atomic E-state index is 0.102. The molecule has 1 aliphatic heterocycles. The van der Waals surface area contributed by atoms with Gasteiger partial charge in [-0.2, -0.15) is 8.42 Å². The predicted molar refractivity (Wildman–Crippen MR) is 54.6 cm³/mol. The van der Waals surface area contributed by atoms with Gasteiger partial charge in [0.2, 0.25) is 0 Å². The highest BCUT2D eigenvalue weighted by molar-refractivity contribution is 7.89. The maximum Gasteiger partial charge on any atom is 0.285 e. The third kappa shape index (κ3) is 1.25. The highest BCUT2D eigenvalue weighted by Crippen LogP contribution is 2.49. The summed E-state index contributed by atoms with van der Waals surface area (Å²) in [5.74, 6) is 0. The van der Waals surface area contributed by atoms with Crippen molar-refractivity contribution in [2.75, 3.05) is 0 Å². The van der Waals surface area contributed by atoms with Gasteiger partial charge in [-0.05, 0) is 6.07 Å². The van der Waals surface area contributed by atoms with Gasteiger partial charge in [-0.3, -0.25) is 0 Å². The summed E-state index contributed by atoms with van der Waals surface area (Å²) in [6.07, 6.45) is 0. The number of halogens is 2. The fourth-order valence-corrected chi connectivity index (χ4v) is 3.85. The van der Waals surface area contributed by atoms with Crippen molar-refractivity contribution in [2.24, 2.45) is 5.29 Å². The molecule has 1 aromatic carbocycles. The minimum Gasteiger partial charge on any atom is -0.199 e. The van der Waals surface area contributed by atoms with E-state index in [-0.39, 0.29) is 14.9 Å². The summed E-state index contributed by atoms with van der Waals surface area (Å²) in [7, 11) is -4.01. The molecule has 1 aliphatic rings. The van der Waals surface area contributed by atoms with E-state index in [0.29, 0.717) is 0 Å². The third-order valence-electron chi connectivity index (χ3n) is 2.03. The average molecular weight is 268 g/mol. The molecule has 0 aliphatic carbocycles. The van der Waals surface area contributed by atoms with Crippen LogP contribution >= 0.6 is 23.2 Å². The van der Waals surface area contributed by atoms with E-state index in [9.17, 15) is 13.3 Å². The number of alkyl halides is 2. The van der Waals surface area contributed by atoms with Crippen molar-refractivity contribution in [3.63, 3.8) is 0 Å². The van der Waals surface area contributed by atoms with Gasteiger partial charge in [0.25, 0.3) is 14.5 Å². The van der Waals surface area contributed by atoms with Crippen LogP contribution in [0.2, 0.25) is 0 Å². The van der Waals surface area contributed by atoms with Gasteiger partial charge in [-0.1, -0.05) is 41.4 Å². The Balaban J connectivity index is 2.83. The van der Waals surface area contributed by atoms with Crippen LogP contribution in [0.15, 0.2) is 34.4 Å². The number of benzene rings is 1.